The average molecular weight is 290 g/mol. The second-order valence-electron chi connectivity index (χ2n) is 6.44. The molecule has 0 atom stereocenters. The molecule has 6 nitrogen and oxygen atoms in total. The van der Waals surface area contributed by atoms with Crippen molar-refractivity contribution in [1.29, 1.82) is 0 Å². The van der Waals surface area contributed by atoms with Gasteiger partial charge in [-0.1, -0.05) is 13.8 Å². The summed E-state index contributed by atoms with van der Waals surface area (Å²) in [6.45, 7) is 5.89. The normalized spacial score (nSPS) is 11.7. The van der Waals surface area contributed by atoms with Crippen LogP contribution in [0.5, 0.6) is 0 Å². The van der Waals surface area contributed by atoms with Crippen molar-refractivity contribution < 1.29 is 0 Å². The van der Waals surface area contributed by atoms with E-state index in [1.54, 1.807) is 0 Å². The summed E-state index contributed by atoms with van der Waals surface area (Å²) >= 11 is 0. The summed E-state index contributed by atoms with van der Waals surface area (Å²) in [6, 6.07) is 0. The first kappa shape index (κ1) is 15.4. The monoisotopic (exact) mass is 290 g/mol. The fourth-order valence-electron chi connectivity index (χ4n) is 2.23. The van der Waals surface area contributed by atoms with Crippen LogP contribution in [-0.4, -0.2) is 31.4 Å². The van der Waals surface area contributed by atoms with Crippen LogP contribution >= 0.6 is 0 Å². The Hall–Kier alpha value is -1.98. The predicted octanol–water partition coefficient (Wildman–Crippen LogP) is 0.568. The molecule has 0 aliphatic rings. The molecule has 0 aromatic carbocycles. The molecule has 0 unspecified atom stereocenters. The number of hydrogen-bond acceptors (Lipinski definition) is 2. The van der Waals surface area contributed by atoms with Gasteiger partial charge in [0.05, 0.1) is 0 Å². The summed E-state index contributed by atoms with van der Waals surface area (Å²) in [7, 11) is 8.06. The minimum atomic E-state index is 0.0224. The van der Waals surface area contributed by atoms with Crippen LogP contribution in [0.2, 0.25) is 0 Å². The van der Waals surface area contributed by atoms with Gasteiger partial charge in [0.15, 0.2) is 0 Å². The average Bonchev–Trinajstić information content (AvgIpc) is 2.89. The number of nitrogens with zero attached hydrogens (tertiary/aromatic N) is 6. The van der Waals surface area contributed by atoms with Crippen molar-refractivity contribution in [2.24, 2.45) is 43.6 Å². The van der Waals surface area contributed by atoms with E-state index in [-0.39, 0.29) is 5.41 Å². The van der Waals surface area contributed by atoms with Crippen LogP contribution in [0.25, 0.3) is 0 Å². The van der Waals surface area contributed by atoms with Crippen molar-refractivity contribution in [3.8, 4) is 0 Å². The maximum absolute atomic E-state index is 4.73. The number of aromatic nitrogens is 4. The Morgan fingerprint density at radius 3 is 1.29 bits per heavy atom. The summed E-state index contributed by atoms with van der Waals surface area (Å²) < 4.78 is 8.13. The zero-order valence-electron chi connectivity index (χ0n) is 13.9. The van der Waals surface area contributed by atoms with Crippen LogP contribution in [0.4, 0.5) is 0 Å². The molecule has 21 heavy (non-hydrogen) atoms. The molecule has 0 spiro atoms. The van der Waals surface area contributed by atoms with Crippen LogP contribution in [0, 0.1) is 5.41 Å². The van der Waals surface area contributed by atoms with E-state index in [9.17, 15) is 0 Å². The van der Waals surface area contributed by atoms with Gasteiger partial charge in [0.2, 0.25) is 11.2 Å². The third kappa shape index (κ3) is 3.56. The van der Waals surface area contributed by atoms with Crippen LogP contribution < -0.4 is 11.2 Å². The van der Waals surface area contributed by atoms with E-state index in [2.05, 4.69) is 13.8 Å². The van der Waals surface area contributed by atoms with E-state index in [0.29, 0.717) is 0 Å². The van der Waals surface area contributed by atoms with Gasteiger partial charge < -0.3 is 18.3 Å². The van der Waals surface area contributed by atoms with Gasteiger partial charge in [-0.2, -0.15) is 0 Å². The molecule has 0 aliphatic heterocycles. The van der Waals surface area contributed by atoms with Crippen molar-refractivity contribution in [3.63, 3.8) is 0 Å². The van der Waals surface area contributed by atoms with Crippen molar-refractivity contribution in [2.45, 2.75) is 13.8 Å². The summed E-state index contributed by atoms with van der Waals surface area (Å²) in [5, 5.41) is 0. The Kier molecular flexibility index (Phi) is 4.25. The molecular weight excluding hydrogens is 264 g/mol. The molecule has 0 radical (unpaired) electrons. The van der Waals surface area contributed by atoms with Gasteiger partial charge in [0, 0.05) is 71.5 Å². The second kappa shape index (κ2) is 5.79. The largest absolute Gasteiger partial charge is 0.321 e. The van der Waals surface area contributed by atoms with Gasteiger partial charge >= 0.3 is 0 Å². The third-order valence-electron chi connectivity index (χ3n) is 3.59. The highest BCUT2D eigenvalue weighted by molar-refractivity contribution is 4.82. The smallest absolute Gasteiger partial charge is 0.204 e. The molecule has 0 fully saturated rings. The van der Waals surface area contributed by atoms with E-state index in [0.717, 1.165) is 24.3 Å². The first-order valence-electron chi connectivity index (χ1n) is 7.17. The standard InChI is InChI=1S/C15H26N6/c1-15(2,11-16-13-18(3)7-8-19(13)4)12-17-14-20(5)9-10-21(14)6/h7-10H,11-12H2,1-6H3. The molecule has 0 saturated carbocycles. The van der Waals surface area contributed by atoms with Crippen LogP contribution in [0.1, 0.15) is 13.8 Å². The molecule has 116 valence electrons. The first-order valence-corrected chi connectivity index (χ1v) is 7.17. The lowest BCUT2D eigenvalue weighted by Gasteiger charge is -2.19. The first-order chi connectivity index (χ1) is 9.80. The highest BCUT2D eigenvalue weighted by atomic mass is 15.2. The van der Waals surface area contributed by atoms with Crippen molar-refractivity contribution in [2.75, 3.05) is 13.1 Å². The predicted molar refractivity (Wildman–Crippen MR) is 83.4 cm³/mol. The Morgan fingerprint density at radius 1 is 0.714 bits per heavy atom. The highest BCUT2D eigenvalue weighted by Gasteiger charge is 2.17. The summed E-state index contributed by atoms with van der Waals surface area (Å²) in [5.41, 5.74) is 1.98. The fourth-order valence-corrected chi connectivity index (χ4v) is 2.23. The Balaban J connectivity index is 2.17. The van der Waals surface area contributed by atoms with Crippen LogP contribution in [0.15, 0.2) is 34.8 Å². The fraction of sp³-hybridized carbons (Fsp3) is 0.600. The quantitative estimate of drug-likeness (QED) is 0.790. The molecular formula is C15H26N6. The van der Waals surface area contributed by atoms with E-state index < -0.39 is 0 Å². The van der Waals surface area contributed by atoms with E-state index in [1.165, 1.54) is 0 Å². The van der Waals surface area contributed by atoms with E-state index >= 15 is 0 Å². The van der Waals surface area contributed by atoms with Crippen LogP contribution in [0.3, 0.4) is 0 Å². The summed E-state index contributed by atoms with van der Waals surface area (Å²) in [5.74, 6) is 0. The Bertz CT molecular complexity index is 628. The van der Waals surface area contributed by atoms with Gasteiger partial charge in [-0.3, -0.25) is 9.98 Å². The maximum Gasteiger partial charge on any atom is 0.204 e. The van der Waals surface area contributed by atoms with Crippen LogP contribution in [-0.2, 0) is 28.2 Å². The highest BCUT2D eigenvalue weighted by Crippen LogP contribution is 2.15. The SMILES string of the molecule is Cn1ccn(C)c1=NCC(C)(C)CN=c1n(C)ccn1C. The molecule has 0 amide bonds. The second-order valence-corrected chi connectivity index (χ2v) is 6.44. The molecule has 2 aromatic heterocycles. The van der Waals surface area contributed by atoms with Crippen molar-refractivity contribution >= 4 is 0 Å². The van der Waals surface area contributed by atoms with Gasteiger partial charge in [-0.05, 0) is 0 Å². The number of rotatable bonds is 4. The zero-order chi connectivity index (χ0) is 15.6. The number of imidazole rings is 2. The van der Waals surface area contributed by atoms with Crippen molar-refractivity contribution in [3.05, 3.63) is 36.0 Å². The zero-order valence-corrected chi connectivity index (χ0v) is 13.9. The lowest BCUT2D eigenvalue weighted by molar-refractivity contribution is 0.380. The molecule has 0 aliphatic carbocycles. The Labute approximate surface area is 125 Å². The third-order valence-corrected chi connectivity index (χ3v) is 3.59. The van der Waals surface area contributed by atoms with Gasteiger partial charge in [-0.25, -0.2) is 0 Å². The molecule has 2 heterocycles. The molecule has 0 bridgehead atoms. The van der Waals surface area contributed by atoms with Crippen molar-refractivity contribution in [1.82, 2.24) is 18.3 Å². The summed E-state index contributed by atoms with van der Waals surface area (Å²) in [4.78, 5) is 9.47. The van der Waals surface area contributed by atoms with E-state index in [1.807, 2.05) is 71.2 Å². The maximum atomic E-state index is 4.73. The lowest BCUT2D eigenvalue weighted by atomic mass is 9.94. The number of aryl methyl sites for hydroxylation is 4. The molecule has 2 rings (SSSR count). The molecule has 0 saturated heterocycles. The van der Waals surface area contributed by atoms with Gasteiger partial charge in [0.1, 0.15) is 0 Å². The van der Waals surface area contributed by atoms with E-state index in [4.69, 9.17) is 9.98 Å². The topological polar surface area (TPSA) is 44.4 Å². The molecule has 0 N–H and O–H groups in total. The lowest BCUT2D eigenvalue weighted by Crippen LogP contribution is -2.29. The minimum absolute atomic E-state index is 0.0224. The summed E-state index contributed by atoms with van der Waals surface area (Å²) in [6.07, 6.45) is 8.06. The molecule has 6 heteroatoms. The number of hydrogen-bond donors (Lipinski definition) is 0. The van der Waals surface area contributed by atoms with Gasteiger partial charge in [0.25, 0.3) is 0 Å². The van der Waals surface area contributed by atoms with Gasteiger partial charge in [-0.15, -0.1) is 0 Å². The minimum Gasteiger partial charge on any atom is -0.321 e. The Morgan fingerprint density at radius 2 is 1.00 bits per heavy atom. The molecule has 2 aromatic rings.